The number of anilines is 1. The smallest absolute Gasteiger partial charge is 0.263 e. The van der Waals surface area contributed by atoms with Crippen molar-refractivity contribution in [2.45, 2.75) is 31.9 Å². The molecule has 3 heterocycles. The summed E-state index contributed by atoms with van der Waals surface area (Å²) in [4.78, 5) is 29.3. The van der Waals surface area contributed by atoms with E-state index < -0.39 is 5.82 Å². The Bertz CT molecular complexity index is 1420. The number of halogens is 2. The zero-order chi connectivity index (χ0) is 24.7. The molecule has 182 valence electrons. The Morgan fingerprint density at radius 1 is 1.31 bits per heavy atom. The molecule has 1 aliphatic heterocycles. The lowest BCUT2D eigenvalue weighted by molar-refractivity contribution is 0.0677. The van der Waals surface area contributed by atoms with Crippen LogP contribution < -0.4 is 16.2 Å². The molecule has 5 rings (SSSR count). The van der Waals surface area contributed by atoms with Crippen LogP contribution >= 0.6 is 11.6 Å². The number of pyridine rings is 1. The Kier molecular flexibility index (Phi) is 6.29. The minimum Gasteiger partial charge on any atom is -0.404 e. The van der Waals surface area contributed by atoms with Crippen molar-refractivity contribution >= 4 is 34.5 Å². The molecule has 1 aliphatic carbocycles. The summed E-state index contributed by atoms with van der Waals surface area (Å²) >= 11 is 6.00. The fourth-order valence-electron chi connectivity index (χ4n) is 4.56. The van der Waals surface area contributed by atoms with Gasteiger partial charge in [-0.2, -0.15) is 0 Å². The van der Waals surface area contributed by atoms with Gasteiger partial charge in [0, 0.05) is 60.8 Å². The quantitative estimate of drug-likeness (QED) is 0.541. The summed E-state index contributed by atoms with van der Waals surface area (Å²) in [6.45, 7) is 3.31. The van der Waals surface area contributed by atoms with E-state index >= 15 is 4.39 Å². The highest BCUT2D eigenvalue weighted by atomic mass is 35.5. The Balaban J connectivity index is 1.69. The predicted molar refractivity (Wildman–Crippen MR) is 136 cm³/mol. The lowest BCUT2D eigenvalue weighted by Gasteiger charge is -2.34. The molecule has 1 saturated heterocycles. The van der Waals surface area contributed by atoms with E-state index in [9.17, 15) is 4.79 Å². The highest BCUT2D eigenvalue weighted by Crippen LogP contribution is 2.36. The number of morpholine rings is 1. The maximum Gasteiger partial charge on any atom is 0.263 e. The predicted octanol–water partition coefficient (Wildman–Crippen LogP) is 3.64. The maximum absolute atomic E-state index is 15.1. The number of rotatable bonds is 5. The number of hydrogen-bond donors (Lipinski definition) is 1. The number of hydrogen-bond acceptors (Lipinski definition) is 7. The molecule has 2 aliphatic rings. The van der Waals surface area contributed by atoms with Crippen LogP contribution in [0.15, 0.2) is 45.8 Å². The third kappa shape index (κ3) is 4.41. The largest absolute Gasteiger partial charge is 0.404 e. The third-order valence-corrected chi connectivity index (χ3v) is 6.61. The fraction of sp³-hybridized carbons (Fsp3) is 0.360. The normalized spacial score (nSPS) is 19.1. The minimum atomic E-state index is -0.547. The van der Waals surface area contributed by atoms with Gasteiger partial charge in [0.2, 0.25) is 0 Å². The first-order valence-corrected chi connectivity index (χ1v) is 11.9. The topological polar surface area (TPSA) is 98.6 Å². The molecule has 1 atom stereocenters. The average molecular weight is 497 g/mol. The maximum atomic E-state index is 15.1. The molecular weight excluding hydrogens is 471 g/mol. The van der Waals surface area contributed by atoms with Crippen LogP contribution in [0.5, 0.6) is 0 Å². The summed E-state index contributed by atoms with van der Waals surface area (Å²) in [5.41, 5.74) is 7.28. The van der Waals surface area contributed by atoms with Crippen LogP contribution in [-0.2, 0) is 4.74 Å². The fourth-order valence-corrected chi connectivity index (χ4v) is 4.71. The molecule has 0 bridgehead atoms. The van der Waals surface area contributed by atoms with Crippen molar-refractivity contribution in [3.05, 3.63) is 63.1 Å². The van der Waals surface area contributed by atoms with Crippen LogP contribution in [0.3, 0.4) is 0 Å². The molecule has 0 unspecified atom stereocenters. The van der Waals surface area contributed by atoms with Crippen LogP contribution in [0, 0.1) is 12.7 Å². The van der Waals surface area contributed by atoms with Gasteiger partial charge in [-0.15, -0.1) is 0 Å². The first-order chi connectivity index (χ1) is 16.9. The van der Waals surface area contributed by atoms with Crippen molar-refractivity contribution in [3.8, 4) is 11.3 Å². The van der Waals surface area contributed by atoms with Crippen LogP contribution in [0.25, 0.3) is 22.2 Å². The van der Waals surface area contributed by atoms with Crippen molar-refractivity contribution in [3.63, 3.8) is 0 Å². The first-order valence-electron chi connectivity index (χ1n) is 11.5. The molecule has 1 saturated carbocycles. The van der Waals surface area contributed by atoms with Crippen LogP contribution in [0.1, 0.15) is 24.7 Å². The molecule has 8 nitrogen and oxygen atoms in total. The van der Waals surface area contributed by atoms with Gasteiger partial charge in [0.05, 0.1) is 23.2 Å². The Morgan fingerprint density at radius 2 is 2.11 bits per heavy atom. The Hall–Kier alpha value is -3.30. The van der Waals surface area contributed by atoms with E-state index in [-0.39, 0.29) is 34.0 Å². The number of aromatic nitrogens is 3. The van der Waals surface area contributed by atoms with Gasteiger partial charge in [0.1, 0.15) is 23.6 Å². The number of benzene rings is 1. The van der Waals surface area contributed by atoms with Crippen molar-refractivity contribution in [2.24, 2.45) is 10.7 Å². The van der Waals surface area contributed by atoms with Gasteiger partial charge in [0.15, 0.2) is 0 Å². The highest BCUT2D eigenvalue weighted by molar-refractivity contribution is 6.30. The summed E-state index contributed by atoms with van der Waals surface area (Å²) in [6.07, 6.45) is 4.70. The van der Waals surface area contributed by atoms with E-state index in [4.69, 9.17) is 32.0 Å². The molecule has 2 aromatic heterocycles. The third-order valence-electron chi connectivity index (χ3n) is 6.38. The van der Waals surface area contributed by atoms with Gasteiger partial charge >= 0.3 is 0 Å². The number of fused-ring (bicyclic) bond motifs is 1. The minimum absolute atomic E-state index is 0.128. The van der Waals surface area contributed by atoms with Crippen LogP contribution in [0.2, 0.25) is 5.02 Å². The van der Waals surface area contributed by atoms with Crippen LogP contribution in [0.4, 0.5) is 10.2 Å². The number of aliphatic imine (C=N–C) groups is 1. The Morgan fingerprint density at radius 3 is 2.80 bits per heavy atom. The number of nitrogens with two attached hydrogens (primary N) is 1. The van der Waals surface area contributed by atoms with Crippen LogP contribution in [-0.4, -0.2) is 53.6 Å². The molecule has 2 fully saturated rings. The summed E-state index contributed by atoms with van der Waals surface area (Å²) in [6, 6.07) is 6.29. The first kappa shape index (κ1) is 23.4. The van der Waals surface area contributed by atoms with E-state index in [0.29, 0.717) is 42.2 Å². The zero-order valence-electron chi connectivity index (χ0n) is 19.5. The lowest BCUT2D eigenvalue weighted by Crippen LogP contribution is -2.44. The van der Waals surface area contributed by atoms with E-state index in [2.05, 4.69) is 4.99 Å². The SMILES string of the molecule is CN=CC(=CN)[C@H]1CN(c2cc3nc(C)n(C4CC4)c(=O)c3c(-c3ccc(Cl)cc3F)n2)CCO1. The summed E-state index contributed by atoms with van der Waals surface area (Å²) < 4.78 is 22.7. The second kappa shape index (κ2) is 9.39. The van der Waals surface area contributed by atoms with E-state index in [1.807, 2.05) is 11.8 Å². The zero-order valence-corrected chi connectivity index (χ0v) is 20.3. The lowest BCUT2D eigenvalue weighted by atomic mass is 10.1. The second-order valence-corrected chi connectivity index (χ2v) is 9.21. The second-order valence-electron chi connectivity index (χ2n) is 8.77. The summed E-state index contributed by atoms with van der Waals surface area (Å²) in [5.74, 6) is 0.668. The average Bonchev–Trinajstić information content (AvgIpc) is 3.67. The number of aryl methyl sites for hydroxylation is 1. The molecule has 0 spiro atoms. The molecule has 35 heavy (non-hydrogen) atoms. The molecular formula is C25H26ClFN6O2. The van der Waals surface area contributed by atoms with Gasteiger partial charge < -0.3 is 15.4 Å². The van der Waals surface area contributed by atoms with Crippen molar-refractivity contribution in [2.75, 3.05) is 31.6 Å². The molecule has 0 radical (unpaired) electrons. The number of ether oxygens (including phenoxy) is 1. The van der Waals surface area contributed by atoms with Crippen molar-refractivity contribution < 1.29 is 9.13 Å². The van der Waals surface area contributed by atoms with Gasteiger partial charge in [-0.1, -0.05) is 11.6 Å². The highest BCUT2D eigenvalue weighted by Gasteiger charge is 2.30. The standard InChI is InChI=1S/C25H26ClFN6O2/c1-14-30-20-10-22(32-7-8-35-21(13-32)15(11-28)12-29-2)31-24(18-6-3-16(26)9-19(18)27)23(20)25(34)33(14)17-4-5-17/h3,6,9-12,17,21H,4-5,7-8,13,28H2,1-2H3/t21-/m1/s1. The van der Waals surface area contributed by atoms with E-state index in [0.717, 1.165) is 18.4 Å². The molecule has 0 amide bonds. The molecule has 2 N–H and O–H groups in total. The van der Waals surface area contributed by atoms with E-state index in [1.165, 1.54) is 12.3 Å². The van der Waals surface area contributed by atoms with Crippen molar-refractivity contribution in [1.82, 2.24) is 14.5 Å². The molecule has 3 aromatic rings. The van der Waals surface area contributed by atoms with Gasteiger partial charge in [-0.25, -0.2) is 14.4 Å². The van der Waals surface area contributed by atoms with E-state index in [1.54, 1.807) is 36.0 Å². The summed E-state index contributed by atoms with van der Waals surface area (Å²) in [7, 11) is 1.67. The molecule has 10 heteroatoms. The Labute approximate surface area is 206 Å². The van der Waals surface area contributed by atoms with Crippen molar-refractivity contribution in [1.29, 1.82) is 0 Å². The number of nitrogens with zero attached hydrogens (tertiary/aromatic N) is 5. The van der Waals surface area contributed by atoms with Gasteiger partial charge in [-0.3, -0.25) is 14.4 Å². The van der Waals surface area contributed by atoms with Gasteiger partial charge in [0.25, 0.3) is 5.56 Å². The summed E-state index contributed by atoms with van der Waals surface area (Å²) in [5, 5.41) is 0.573. The monoisotopic (exact) mass is 496 g/mol. The molecule has 1 aromatic carbocycles. The van der Waals surface area contributed by atoms with Gasteiger partial charge in [-0.05, 0) is 38.0 Å².